The number of hydrogen-bond acceptors (Lipinski definition) is 3. The molecule has 0 radical (unpaired) electrons. The quantitative estimate of drug-likeness (QED) is 0.591. The molecule has 0 aromatic rings. The summed E-state index contributed by atoms with van der Waals surface area (Å²) in [5.74, 6) is -0.570. The van der Waals surface area contributed by atoms with Crippen LogP contribution < -0.4 is 5.73 Å². The number of primary amides is 1. The summed E-state index contributed by atoms with van der Waals surface area (Å²) in [7, 11) is 0. The molecule has 0 saturated heterocycles. The van der Waals surface area contributed by atoms with Crippen LogP contribution in [0.25, 0.3) is 0 Å². The van der Waals surface area contributed by atoms with Crippen molar-refractivity contribution in [1.29, 1.82) is 5.26 Å². The van der Waals surface area contributed by atoms with E-state index in [1.165, 1.54) is 6.21 Å². The lowest BCUT2D eigenvalue weighted by atomic mass is 9.82. The van der Waals surface area contributed by atoms with Gasteiger partial charge in [0.2, 0.25) is 5.91 Å². The van der Waals surface area contributed by atoms with Crippen LogP contribution in [0.4, 0.5) is 0 Å². The number of hydrogen-bond donors (Lipinski definition) is 1. The molecule has 1 aliphatic heterocycles. The van der Waals surface area contributed by atoms with Gasteiger partial charge in [-0.2, -0.15) is 5.26 Å². The van der Waals surface area contributed by atoms with E-state index >= 15 is 0 Å². The Hall–Kier alpha value is -1.63. The highest BCUT2D eigenvalue weighted by Gasteiger charge is 2.36. The highest BCUT2D eigenvalue weighted by atomic mass is 16.1. The molecule has 0 spiro atoms. The second-order valence-electron chi connectivity index (χ2n) is 2.86. The first-order chi connectivity index (χ1) is 5.60. The molecule has 0 aromatic heterocycles. The number of carbonyl (C=O) groups is 1. The van der Waals surface area contributed by atoms with Crippen LogP contribution in [0.1, 0.15) is 6.92 Å². The van der Waals surface area contributed by atoms with Gasteiger partial charge in [0.25, 0.3) is 0 Å². The lowest BCUT2D eigenvalue weighted by molar-refractivity contribution is -0.120. The van der Waals surface area contributed by atoms with Crippen molar-refractivity contribution in [3.8, 4) is 6.07 Å². The zero-order valence-electron chi connectivity index (χ0n) is 6.69. The minimum Gasteiger partial charge on any atom is -0.368 e. The van der Waals surface area contributed by atoms with Crippen molar-refractivity contribution in [2.75, 3.05) is 0 Å². The smallest absolute Gasteiger partial charge is 0.244 e. The molecule has 1 heterocycles. The van der Waals surface area contributed by atoms with Crippen molar-refractivity contribution in [1.82, 2.24) is 0 Å². The van der Waals surface area contributed by atoms with Gasteiger partial charge in [-0.25, -0.2) is 0 Å². The van der Waals surface area contributed by atoms with Crippen molar-refractivity contribution in [2.24, 2.45) is 16.1 Å². The lowest BCUT2D eigenvalue weighted by Gasteiger charge is -2.24. The van der Waals surface area contributed by atoms with Crippen molar-refractivity contribution in [2.45, 2.75) is 13.0 Å². The summed E-state index contributed by atoms with van der Waals surface area (Å²) in [5.41, 5.74) is 4.19. The van der Waals surface area contributed by atoms with E-state index in [0.29, 0.717) is 0 Å². The van der Waals surface area contributed by atoms with Crippen molar-refractivity contribution in [3.63, 3.8) is 0 Å². The fourth-order valence-corrected chi connectivity index (χ4v) is 1.09. The maximum atomic E-state index is 10.9. The van der Waals surface area contributed by atoms with Crippen molar-refractivity contribution < 1.29 is 4.79 Å². The number of nitrogens with two attached hydrogens (primary N) is 1. The molecule has 4 heteroatoms. The fourth-order valence-electron chi connectivity index (χ4n) is 1.09. The number of allylic oxidation sites excluding steroid dienone is 1. The molecule has 2 unspecified atom stereocenters. The molecule has 1 aliphatic rings. The third-order valence-corrected chi connectivity index (χ3v) is 1.84. The second kappa shape index (κ2) is 2.78. The van der Waals surface area contributed by atoms with Gasteiger partial charge in [0.15, 0.2) is 0 Å². The Balaban J connectivity index is 3.02. The zero-order valence-corrected chi connectivity index (χ0v) is 6.69. The Morgan fingerprint density at radius 3 is 2.92 bits per heavy atom. The summed E-state index contributed by atoms with van der Waals surface area (Å²) in [4.78, 5) is 14.7. The summed E-state index contributed by atoms with van der Waals surface area (Å²) in [5, 5.41) is 8.79. The molecule has 0 saturated carbocycles. The highest BCUT2D eigenvalue weighted by molar-refractivity contribution is 5.86. The van der Waals surface area contributed by atoms with Gasteiger partial charge < -0.3 is 5.73 Å². The molecule has 4 nitrogen and oxygen atoms in total. The molecular formula is C8H9N3O. The normalized spacial score (nSPS) is 32.8. The van der Waals surface area contributed by atoms with E-state index in [4.69, 9.17) is 11.0 Å². The largest absolute Gasteiger partial charge is 0.368 e. The first kappa shape index (κ1) is 8.47. The minimum atomic E-state index is -0.888. The molecule has 0 bridgehead atoms. The Bertz CT molecular complexity index is 300. The molecule has 2 atom stereocenters. The predicted octanol–water partition coefficient (Wildman–Crippen LogP) is 0.0108. The predicted molar refractivity (Wildman–Crippen MR) is 44.3 cm³/mol. The molecule has 1 amide bonds. The highest BCUT2D eigenvalue weighted by Crippen LogP contribution is 2.26. The van der Waals surface area contributed by atoms with E-state index in [9.17, 15) is 4.79 Å². The SMILES string of the molecule is CC1(C#N)C=CC=NC1C(N)=O. The van der Waals surface area contributed by atoms with Gasteiger partial charge in [0.1, 0.15) is 11.5 Å². The molecular weight excluding hydrogens is 154 g/mol. The summed E-state index contributed by atoms with van der Waals surface area (Å²) in [6.45, 7) is 1.63. The van der Waals surface area contributed by atoms with E-state index < -0.39 is 17.4 Å². The van der Waals surface area contributed by atoms with Gasteiger partial charge in [-0.15, -0.1) is 0 Å². The van der Waals surface area contributed by atoms with E-state index in [2.05, 4.69) is 4.99 Å². The Morgan fingerprint density at radius 2 is 2.50 bits per heavy atom. The van der Waals surface area contributed by atoms with E-state index in [0.717, 1.165) is 0 Å². The van der Waals surface area contributed by atoms with Gasteiger partial charge in [0, 0.05) is 6.21 Å². The maximum absolute atomic E-state index is 10.9. The number of rotatable bonds is 1. The number of dihydropyridines is 1. The average Bonchev–Trinajstić information content (AvgIpc) is 2.05. The Kier molecular flexibility index (Phi) is 1.96. The summed E-state index contributed by atoms with van der Waals surface area (Å²) < 4.78 is 0. The van der Waals surface area contributed by atoms with Crippen LogP contribution in [-0.2, 0) is 4.79 Å². The molecule has 1 rings (SSSR count). The number of nitriles is 1. The third-order valence-electron chi connectivity index (χ3n) is 1.84. The first-order valence-electron chi connectivity index (χ1n) is 3.52. The van der Waals surface area contributed by atoms with Gasteiger partial charge in [-0.05, 0) is 13.0 Å². The first-order valence-corrected chi connectivity index (χ1v) is 3.52. The summed E-state index contributed by atoms with van der Waals surface area (Å²) >= 11 is 0. The number of nitrogens with zero attached hydrogens (tertiary/aromatic N) is 2. The third kappa shape index (κ3) is 1.21. The summed E-state index contributed by atoms with van der Waals surface area (Å²) in [6.07, 6.45) is 4.76. The van der Waals surface area contributed by atoms with Crippen LogP contribution in [0.2, 0.25) is 0 Å². The molecule has 62 valence electrons. The fraction of sp³-hybridized carbons (Fsp3) is 0.375. The molecule has 2 N–H and O–H groups in total. The average molecular weight is 163 g/mol. The molecule has 0 aromatic carbocycles. The van der Waals surface area contributed by atoms with Gasteiger partial charge in [-0.1, -0.05) is 6.08 Å². The number of aliphatic imine (C=N–C) groups is 1. The van der Waals surface area contributed by atoms with E-state index in [-0.39, 0.29) is 0 Å². The molecule has 12 heavy (non-hydrogen) atoms. The van der Waals surface area contributed by atoms with Crippen LogP contribution in [0.15, 0.2) is 17.1 Å². The summed E-state index contributed by atoms with van der Waals surface area (Å²) in [6, 6.07) is 1.25. The number of carbonyl (C=O) groups excluding carboxylic acids is 1. The standard InChI is InChI=1S/C8H9N3O/c1-8(5-9)3-2-4-11-6(8)7(10)12/h2-4,6H,1H3,(H2,10,12). The van der Waals surface area contributed by atoms with E-state index in [1.54, 1.807) is 19.1 Å². The van der Waals surface area contributed by atoms with E-state index in [1.807, 2.05) is 6.07 Å². The molecule has 0 aliphatic carbocycles. The second-order valence-corrected chi connectivity index (χ2v) is 2.86. The monoisotopic (exact) mass is 163 g/mol. The topological polar surface area (TPSA) is 79.2 Å². The van der Waals surface area contributed by atoms with Crippen LogP contribution >= 0.6 is 0 Å². The van der Waals surface area contributed by atoms with Crippen LogP contribution in [0, 0.1) is 16.7 Å². The Morgan fingerprint density at radius 1 is 1.83 bits per heavy atom. The maximum Gasteiger partial charge on any atom is 0.244 e. The van der Waals surface area contributed by atoms with Crippen molar-refractivity contribution in [3.05, 3.63) is 12.2 Å². The van der Waals surface area contributed by atoms with Crippen molar-refractivity contribution >= 4 is 12.1 Å². The van der Waals surface area contributed by atoms with Gasteiger partial charge >= 0.3 is 0 Å². The molecule has 0 fully saturated rings. The van der Waals surface area contributed by atoms with Gasteiger partial charge in [-0.3, -0.25) is 9.79 Å². The Labute approximate surface area is 70.4 Å². The van der Waals surface area contributed by atoms with Crippen LogP contribution in [0.5, 0.6) is 0 Å². The lowest BCUT2D eigenvalue weighted by Crippen LogP contribution is -2.40. The van der Waals surface area contributed by atoms with Crippen LogP contribution in [-0.4, -0.2) is 18.2 Å². The zero-order chi connectivity index (χ0) is 9.19. The van der Waals surface area contributed by atoms with Crippen LogP contribution in [0.3, 0.4) is 0 Å². The number of amides is 1. The minimum absolute atomic E-state index is 0.570. The van der Waals surface area contributed by atoms with Gasteiger partial charge in [0.05, 0.1) is 6.07 Å².